The molecule has 0 saturated carbocycles. The third-order valence-electron chi connectivity index (χ3n) is 1.93. The van der Waals surface area contributed by atoms with Crippen molar-refractivity contribution in [2.75, 3.05) is 6.54 Å². The molecule has 2 aromatic rings. The summed E-state index contributed by atoms with van der Waals surface area (Å²) in [5.74, 6) is 0. The number of hydrogen-bond acceptors (Lipinski definition) is 5. The molecule has 5 nitrogen and oxygen atoms in total. The van der Waals surface area contributed by atoms with Gasteiger partial charge in [-0.05, 0) is 6.07 Å². The normalized spacial score (nSPS) is 13.0. The molecule has 2 rings (SSSR count). The van der Waals surface area contributed by atoms with Crippen molar-refractivity contribution < 1.29 is 5.11 Å². The van der Waals surface area contributed by atoms with Gasteiger partial charge in [-0.25, -0.2) is 4.98 Å². The van der Waals surface area contributed by atoms with Crippen molar-refractivity contribution >= 4 is 11.0 Å². The zero-order valence-electron chi connectivity index (χ0n) is 7.46. The summed E-state index contributed by atoms with van der Waals surface area (Å²) < 4.78 is 0. The van der Waals surface area contributed by atoms with Crippen molar-refractivity contribution in [3.05, 3.63) is 30.4 Å². The van der Waals surface area contributed by atoms with Gasteiger partial charge in [0.25, 0.3) is 0 Å². The predicted molar refractivity (Wildman–Crippen MR) is 51.3 cm³/mol. The minimum atomic E-state index is -0.757. The second kappa shape index (κ2) is 3.65. The van der Waals surface area contributed by atoms with Gasteiger partial charge in [0.15, 0.2) is 0 Å². The van der Waals surface area contributed by atoms with E-state index < -0.39 is 6.10 Å². The summed E-state index contributed by atoms with van der Waals surface area (Å²) in [7, 11) is 0. The summed E-state index contributed by atoms with van der Waals surface area (Å²) in [6.07, 6.45) is 4.03. The summed E-state index contributed by atoms with van der Waals surface area (Å²) in [6.45, 7) is 0.139. The van der Waals surface area contributed by atoms with E-state index in [2.05, 4.69) is 15.0 Å². The molecule has 0 saturated heterocycles. The molecule has 2 heterocycles. The molecule has 0 fully saturated rings. The zero-order chi connectivity index (χ0) is 9.97. The second-order valence-electron chi connectivity index (χ2n) is 2.91. The highest BCUT2D eigenvalue weighted by Gasteiger charge is 2.07. The van der Waals surface area contributed by atoms with Gasteiger partial charge in [0, 0.05) is 12.7 Å². The van der Waals surface area contributed by atoms with E-state index in [1.807, 2.05) is 0 Å². The standard InChI is InChI=1S/C9H10N4O/c10-3-9(14)8-5-12-6-1-2-11-4-7(6)13-8/h1-2,4-5,9,14H,3,10H2. The quantitative estimate of drug-likeness (QED) is 0.697. The Morgan fingerprint density at radius 1 is 1.36 bits per heavy atom. The highest BCUT2D eigenvalue weighted by molar-refractivity contribution is 5.72. The fourth-order valence-corrected chi connectivity index (χ4v) is 1.16. The molecule has 1 unspecified atom stereocenters. The molecule has 2 aromatic heterocycles. The molecule has 0 radical (unpaired) electrons. The van der Waals surface area contributed by atoms with Gasteiger partial charge < -0.3 is 10.8 Å². The maximum Gasteiger partial charge on any atom is 0.110 e. The topological polar surface area (TPSA) is 84.9 Å². The monoisotopic (exact) mass is 190 g/mol. The SMILES string of the molecule is NCC(O)c1cnc2ccncc2n1. The largest absolute Gasteiger partial charge is 0.385 e. The van der Waals surface area contributed by atoms with Crippen molar-refractivity contribution in [1.82, 2.24) is 15.0 Å². The Morgan fingerprint density at radius 2 is 2.21 bits per heavy atom. The molecule has 0 bridgehead atoms. The first-order valence-corrected chi connectivity index (χ1v) is 4.26. The first kappa shape index (κ1) is 8.98. The Labute approximate surface area is 80.6 Å². The van der Waals surface area contributed by atoms with Crippen LogP contribution in [0.5, 0.6) is 0 Å². The average molecular weight is 190 g/mol. The van der Waals surface area contributed by atoms with Crippen molar-refractivity contribution in [3.8, 4) is 0 Å². The van der Waals surface area contributed by atoms with Crippen LogP contribution < -0.4 is 5.73 Å². The van der Waals surface area contributed by atoms with Crippen LogP contribution in [0.2, 0.25) is 0 Å². The van der Waals surface area contributed by atoms with Crippen LogP contribution in [-0.2, 0) is 0 Å². The number of aliphatic hydroxyl groups excluding tert-OH is 1. The Bertz CT molecular complexity index is 446. The van der Waals surface area contributed by atoms with Gasteiger partial charge in [0.1, 0.15) is 11.6 Å². The van der Waals surface area contributed by atoms with Crippen LogP contribution in [0.25, 0.3) is 11.0 Å². The van der Waals surface area contributed by atoms with E-state index in [1.54, 1.807) is 18.5 Å². The van der Waals surface area contributed by atoms with Crippen LogP contribution >= 0.6 is 0 Å². The first-order valence-electron chi connectivity index (χ1n) is 4.26. The first-order chi connectivity index (χ1) is 6.81. The van der Waals surface area contributed by atoms with E-state index >= 15 is 0 Å². The number of hydrogen-bond donors (Lipinski definition) is 2. The Balaban J connectivity index is 2.51. The number of pyridine rings is 1. The van der Waals surface area contributed by atoms with Crippen molar-refractivity contribution in [2.45, 2.75) is 6.10 Å². The van der Waals surface area contributed by atoms with Crippen LogP contribution in [-0.4, -0.2) is 26.6 Å². The van der Waals surface area contributed by atoms with Crippen molar-refractivity contribution in [1.29, 1.82) is 0 Å². The number of rotatable bonds is 2. The van der Waals surface area contributed by atoms with Crippen molar-refractivity contribution in [3.63, 3.8) is 0 Å². The molecule has 0 aliphatic rings. The van der Waals surface area contributed by atoms with Crippen LogP contribution in [0, 0.1) is 0 Å². The molecule has 0 amide bonds. The number of fused-ring (bicyclic) bond motifs is 1. The van der Waals surface area contributed by atoms with E-state index in [1.165, 1.54) is 6.20 Å². The lowest BCUT2D eigenvalue weighted by Crippen LogP contribution is -2.13. The van der Waals surface area contributed by atoms with Gasteiger partial charge in [-0.3, -0.25) is 9.97 Å². The molecule has 1 atom stereocenters. The number of nitrogens with two attached hydrogens (primary N) is 1. The third kappa shape index (κ3) is 1.55. The van der Waals surface area contributed by atoms with E-state index in [0.29, 0.717) is 11.2 Å². The van der Waals surface area contributed by atoms with Gasteiger partial charge >= 0.3 is 0 Å². The van der Waals surface area contributed by atoms with Gasteiger partial charge in [0.05, 0.1) is 23.6 Å². The molecule has 0 aliphatic heterocycles. The number of aromatic nitrogens is 3. The molecule has 0 aromatic carbocycles. The predicted octanol–water partition coefficient (Wildman–Crippen LogP) is 0.0169. The highest BCUT2D eigenvalue weighted by atomic mass is 16.3. The highest BCUT2D eigenvalue weighted by Crippen LogP contribution is 2.11. The lowest BCUT2D eigenvalue weighted by Gasteiger charge is -2.06. The number of nitrogens with zero attached hydrogens (tertiary/aromatic N) is 3. The summed E-state index contributed by atoms with van der Waals surface area (Å²) in [5.41, 5.74) is 7.22. The lowest BCUT2D eigenvalue weighted by atomic mass is 10.2. The minimum Gasteiger partial charge on any atom is -0.385 e. The van der Waals surface area contributed by atoms with Gasteiger partial charge in [0.2, 0.25) is 0 Å². The van der Waals surface area contributed by atoms with Crippen LogP contribution in [0.15, 0.2) is 24.7 Å². The Kier molecular flexibility index (Phi) is 2.34. The van der Waals surface area contributed by atoms with E-state index in [0.717, 1.165) is 5.52 Å². The maximum absolute atomic E-state index is 9.44. The van der Waals surface area contributed by atoms with E-state index in [-0.39, 0.29) is 6.54 Å². The summed E-state index contributed by atoms with van der Waals surface area (Å²) in [6, 6.07) is 1.76. The Morgan fingerprint density at radius 3 is 3.00 bits per heavy atom. The van der Waals surface area contributed by atoms with E-state index in [4.69, 9.17) is 5.73 Å². The number of aliphatic hydroxyl groups is 1. The fourth-order valence-electron chi connectivity index (χ4n) is 1.16. The van der Waals surface area contributed by atoms with Crippen molar-refractivity contribution in [2.24, 2.45) is 5.73 Å². The van der Waals surface area contributed by atoms with Gasteiger partial charge in [-0.1, -0.05) is 0 Å². The molecule has 14 heavy (non-hydrogen) atoms. The van der Waals surface area contributed by atoms with Gasteiger partial charge in [-0.15, -0.1) is 0 Å². The molecule has 5 heteroatoms. The molecule has 0 spiro atoms. The summed E-state index contributed by atoms with van der Waals surface area (Å²) >= 11 is 0. The minimum absolute atomic E-state index is 0.139. The molecule has 72 valence electrons. The molecule has 3 N–H and O–H groups in total. The summed E-state index contributed by atoms with van der Waals surface area (Å²) in [4.78, 5) is 12.2. The van der Waals surface area contributed by atoms with Crippen LogP contribution in [0.1, 0.15) is 11.8 Å². The lowest BCUT2D eigenvalue weighted by molar-refractivity contribution is 0.182. The van der Waals surface area contributed by atoms with E-state index in [9.17, 15) is 5.11 Å². The average Bonchev–Trinajstić information content (AvgIpc) is 2.27. The molecular formula is C9H10N4O. The molecular weight excluding hydrogens is 180 g/mol. The summed E-state index contributed by atoms with van der Waals surface area (Å²) in [5, 5.41) is 9.44. The maximum atomic E-state index is 9.44. The Hall–Kier alpha value is -1.59. The third-order valence-corrected chi connectivity index (χ3v) is 1.93. The van der Waals surface area contributed by atoms with Crippen LogP contribution in [0.4, 0.5) is 0 Å². The van der Waals surface area contributed by atoms with Gasteiger partial charge in [-0.2, -0.15) is 0 Å². The second-order valence-corrected chi connectivity index (χ2v) is 2.91. The van der Waals surface area contributed by atoms with Crippen LogP contribution in [0.3, 0.4) is 0 Å². The fraction of sp³-hybridized carbons (Fsp3) is 0.222. The smallest absolute Gasteiger partial charge is 0.110 e. The zero-order valence-corrected chi connectivity index (χ0v) is 7.46. The molecule has 0 aliphatic carbocycles.